The van der Waals surface area contributed by atoms with E-state index in [-0.39, 0.29) is 5.56 Å². The Kier molecular flexibility index (Phi) is 5.91. The highest BCUT2D eigenvalue weighted by molar-refractivity contribution is 6.35. The second-order valence-electron chi connectivity index (χ2n) is 5.97. The van der Waals surface area contributed by atoms with Crippen molar-refractivity contribution in [3.8, 4) is 0 Å². The van der Waals surface area contributed by atoms with Crippen molar-refractivity contribution in [2.45, 2.75) is 12.2 Å². The van der Waals surface area contributed by atoms with Crippen LogP contribution >= 0.6 is 23.2 Å². The lowest BCUT2D eigenvalue weighted by Crippen LogP contribution is -2.39. The molecule has 12 heteroatoms. The van der Waals surface area contributed by atoms with Crippen LogP contribution < -0.4 is 5.32 Å². The number of H-pyrrole nitrogens is 1. The van der Waals surface area contributed by atoms with Crippen LogP contribution in [-0.4, -0.2) is 23.2 Å². The highest BCUT2D eigenvalue weighted by Crippen LogP contribution is 2.38. The number of ether oxygens (including phenoxy) is 1. The second kappa shape index (κ2) is 8.11. The van der Waals surface area contributed by atoms with Gasteiger partial charge in [-0.2, -0.15) is 13.2 Å². The zero-order chi connectivity index (χ0) is 22.2. The quantitative estimate of drug-likeness (QED) is 0.165. The van der Waals surface area contributed by atoms with Crippen molar-refractivity contribution in [2.24, 2.45) is 0 Å². The zero-order valence-corrected chi connectivity index (χ0v) is 15.9. The lowest BCUT2D eigenvalue weighted by atomic mass is 10.1. The molecule has 0 saturated carbocycles. The number of amides is 1. The average Bonchev–Trinajstić information content (AvgIpc) is 3.14. The number of nitrogens with one attached hydrogen (secondary N) is 2. The summed E-state index contributed by atoms with van der Waals surface area (Å²) in [5, 5.41) is -0.251. The van der Waals surface area contributed by atoms with Gasteiger partial charge in [-0.25, -0.2) is 18.4 Å². The van der Waals surface area contributed by atoms with Crippen LogP contribution in [0.2, 0.25) is 10.0 Å². The van der Waals surface area contributed by atoms with E-state index < -0.39 is 51.5 Å². The number of esters is 1. The summed E-state index contributed by atoms with van der Waals surface area (Å²) in [4.78, 5) is 26.8. The maximum absolute atomic E-state index is 14.1. The number of hydrogen-bond donors (Lipinski definition) is 2. The normalized spacial score (nSPS) is 12.6. The zero-order valence-electron chi connectivity index (χ0n) is 14.4. The summed E-state index contributed by atoms with van der Waals surface area (Å²) in [6, 6.07) is 3.08. The topological polar surface area (TPSA) is 71.2 Å². The Morgan fingerprint density at radius 1 is 1.07 bits per heavy atom. The molecule has 158 valence electrons. The summed E-state index contributed by atoms with van der Waals surface area (Å²) in [5.41, 5.74) is -0.689. The van der Waals surface area contributed by atoms with Gasteiger partial charge >= 0.3 is 18.2 Å². The van der Waals surface area contributed by atoms with Crippen LogP contribution in [0.5, 0.6) is 0 Å². The van der Waals surface area contributed by atoms with E-state index in [9.17, 15) is 31.5 Å². The van der Waals surface area contributed by atoms with E-state index in [4.69, 9.17) is 23.2 Å². The largest absolute Gasteiger partial charge is 0.415 e. The highest BCUT2D eigenvalue weighted by atomic mass is 35.5. The van der Waals surface area contributed by atoms with Gasteiger partial charge in [0, 0.05) is 22.7 Å². The van der Waals surface area contributed by atoms with E-state index >= 15 is 0 Å². The summed E-state index contributed by atoms with van der Waals surface area (Å²) < 4.78 is 72.2. The van der Waals surface area contributed by atoms with Crippen molar-refractivity contribution in [2.75, 3.05) is 0 Å². The molecule has 0 spiro atoms. The highest BCUT2D eigenvalue weighted by Gasteiger charge is 2.45. The van der Waals surface area contributed by atoms with Gasteiger partial charge in [0.15, 0.2) is 17.7 Å². The summed E-state index contributed by atoms with van der Waals surface area (Å²) in [7, 11) is 0. The van der Waals surface area contributed by atoms with Gasteiger partial charge in [0.05, 0.1) is 10.6 Å². The Hall–Kier alpha value is -2.85. The number of aromatic nitrogens is 1. The molecule has 30 heavy (non-hydrogen) atoms. The average molecular weight is 467 g/mol. The first-order chi connectivity index (χ1) is 14.0. The van der Waals surface area contributed by atoms with Gasteiger partial charge in [0.25, 0.3) is 0 Å². The van der Waals surface area contributed by atoms with Crippen molar-refractivity contribution < 1.29 is 36.3 Å². The number of alkyl halides is 3. The number of halogens is 7. The molecule has 2 aromatic carbocycles. The van der Waals surface area contributed by atoms with Crippen LogP contribution in [0.4, 0.5) is 26.7 Å². The number of aromatic amines is 1. The number of alkyl carbamates (subject to hydrolysis) is 1. The molecular formula is C18H9Cl2F5N2O3. The van der Waals surface area contributed by atoms with Gasteiger partial charge in [-0.1, -0.05) is 23.2 Å². The van der Waals surface area contributed by atoms with Gasteiger partial charge in [-0.05, 0) is 30.3 Å². The molecule has 0 bridgehead atoms. The smallest absolute Gasteiger partial charge is 0.373 e. The predicted octanol–water partition coefficient (Wildman–Crippen LogP) is 5.92. The van der Waals surface area contributed by atoms with E-state index in [1.54, 1.807) is 12.3 Å². The molecule has 3 rings (SSSR count). The molecule has 1 aromatic heterocycles. The Morgan fingerprint density at radius 2 is 1.77 bits per heavy atom. The summed E-state index contributed by atoms with van der Waals surface area (Å²) in [5.74, 6) is -4.48. The number of hydrogen-bond acceptors (Lipinski definition) is 3. The minimum atomic E-state index is -5.25. The van der Waals surface area contributed by atoms with Crippen LogP contribution in [0.3, 0.4) is 0 Å². The Balaban J connectivity index is 1.83. The maximum Gasteiger partial charge on any atom is 0.415 e. The van der Waals surface area contributed by atoms with Crippen molar-refractivity contribution in [3.63, 3.8) is 0 Å². The SMILES string of the molecule is O=C(NC(c1cc(Cl)c(F)c(Cl)c1F)C(F)(F)F)OC(=O)c1ccc2[nH]ccc2c1. The number of benzene rings is 2. The molecule has 0 saturated heterocycles. The Bertz CT molecular complexity index is 1150. The molecule has 0 radical (unpaired) electrons. The Labute approximate surface area is 174 Å². The standard InChI is InChI=1S/C18H9Cl2F5N2O3/c19-10-6-9(13(21)12(20)14(10)22)15(18(23,24)25)27-17(29)30-16(28)8-1-2-11-7(5-8)3-4-26-11/h1-6,15,26H,(H,27,29). The van der Waals surface area contributed by atoms with Gasteiger partial charge in [0.2, 0.25) is 0 Å². The van der Waals surface area contributed by atoms with Gasteiger partial charge in [-0.15, -0.1) is 0 Å². The second-order valence-corrected chi connectivity index (χ2v) is 6.75. The van der Waals surface area contributed by atoms with Crippen LogP contribution in [0.25, 0.3) is 10.9 Å². The number of carbonyl (C=O) groups is 2. The minimum Gasteiger partial charge on any atom is -0.373 e. The van der Waals surface area contributed by atoms with Gasteiger partial charge < -0.3 is 15.0 Å². The molecule has 1 atom stereocenters. The third kappa shape index (κ3) is 4.34. The van der Waals surface area contributed by atoms with Gasteiger partial charge in [-0.3, -0.25) is 0 Å². The van der Waals surface area contributed by atoms with E-state index in [2.05, 4.69) is 9.72 Å². The minimum absolute atomic E-state index is 0.111. The monoisotopic (exact) mass is 466 g/mol. The first-order valence-corrected chi connectivity index (χ1v) is 8.74. The maximum atomic E-state index is 14.1. The summed E-state index contributed by atoms with van der Waals surface area (Å²) in [6.45, 7) is 0. The lowest BCUT2D eigenvalue weighted by Gasteiger charge is -2.22. The van der Waals surface area contributed by atoms with Gasteiger partial charge in [0.1, 0.15) is 5.02 Å². The number of rotatable bonds is 3. The van der Waals surface area contributed by atoms with Crippen molar-refractivity contribution in [3.05, 3.63) is 69.3 Å². The molecule has 0 aliphatic heterocycles. The molecule has 0 aliphatic carbocycles. The molecule has 5 nitrogen and oxygen atoms in total. The third-order valence-electron chi connectivity index (χ3n) is 4.01. The fourth-order valence-electron chi connectivity index (χ4n) is 2.61. The van der Waals surface area contributed by atoms with Crippen LogP contribution in [0.1, 0.15) is 22.0 Å². The van der Waals surface area contributed by atoms with Crippen molar-refractivity contribution in [1.82, 2.24) is 10.3 Å². The summed E-state index contributed by atoms with van der Waals surface area (Å²) >= 11 is 10.7. The van der Waals surface area contributed by atoms with E-state index in [0.29, 0.717) is 17.0 Å². The Morgan fingerprint density at radius 3 is 2.43 bits per heavy atom. The van der Waals surface area contributed by atoms with E-state index in [1.165, 1.54) is 23.5 Å². The molecule has 2 N–H and O–H groups in total. The molecule has 1 unspecified atom stereocenters. The van der Waals surface area contributed by atoms with Crippen LogP contribution in [0.15, 0.2) is 36.5 Å². The molecule has 0 fully saturated rings. The summed E-state index contributed by atoms with van der Waals surface area (Å²) in [6.07, 6.45) is -5.47. The molecule has 1 amide bonds. The number of fused-ring (bicyclic) bond motifs is 1. The lowest BCUT2D eigenvalue weighted by molar-refractivity contribution is -0.156. The molecule has 0 aliphatic rings. The van der Waals surface area contributed by atoms with Crippen LogP contribution in [0, 0.1) is 11.6 Å². The molecular weight excluding hydrogens is 458 g/mol. The van der Waals surface area contributed by atoms with Crippen molar-refractivity contribution in [1.29, 1.82) is 0 Å². The fraction of sp³-hybridized carbons (Fsp3) is 0.111. The number of carbonyl (C=O) groups excluding carboxylic acids is 2. The first kappa shape index (κ1) is 21.8. The molecule has 3 aromatic rings. The van der Waals surface area contributed by atoms with Crippen LogP contribution in [-0.2, 0) is 4.74 Å². The third-order valence-corrected chi connectivity index (χ3v) is 4.61. The predicted molar refractivity (Wildman–Crippen MR) is 97.4 cm³/mol. The molecule has 1 heterocycles. The fourth-order valence-corrected chi connectivity index (χ4v) is 3.08. The van der Waals surface area contributed by atoms with E-state index in [0.717, 1.165) is 0 Å². The van der Waals surface area contributed by atoms with E-state index in [1.807, 2.05) is 0 Å². The van der Waals surface area contributed by atoms with Crippen molar-refractivity contribution >= 4 is 46.2 Å². The first-order valence-electron chi connectivity index (χ1n) is 7.98.